The lowest BCUT2D eigenvalue weighted by Gasteiger charge is -2.25. The topological polar surface area (TPSA) is 64.8 Å². The Morgan fingerprint density at radius 2 is 2.10 bits per heavy atom. The molecule has 0 amide bonds. The molecule has 1 unspecified atom stereocenters. The standard InChI is InChI=1S/C12H16F3N5/c1-4-17-9-7-10(20(3)8(2)5-6-16)19-11(18-9)12(13,14)15/h7-8H,4-5H2,1-3H3,(H,17,18,19). The molecule has 0 bridgehead atoms. The largest absolute Gasteiger partial charge is 0.451 e. The predicted octanol–water partition coefficient (Wildman–Crippen LogP) is 2.67. The highest BCUT2D eigenvalue weighted by molar-refractivity contribution is 5.49. The Morgan fingerprint density at radius 1 is 1.45 bits per heavy atom. The maximum Gasteiger partial charge on any atom is 0.451 e. The van der Waals surface area contributed by atoms with Gasteiger partial charge in [0.25, 0.3) is 0 Å². The first-order valence-corrected chi connectivity index (χ1v) is 6.09. The van der Waals surface area contributed by atoms with E-state index in [1.807, 2.05) is 6.07 Å². The van der Waals surface area contributed by atoms with Crippen molar-refractivity contribution in [3.63, 3.8) is 0 Å². The molecule has 1 atom stereocenters. The number of alkyl halides is 3. The van der Waals surface area contributed by atoms with E-state index in [9.17, 15) is 13.2 Å². The molecular weight excluding hydrogens is 271 g/mol. The van der Waals surface area contributed by atoms with Gasteiger partial charge in [0.2, 0.25) is 5.82 Å². The van der Waals surface area contributed by atoms with Gasteiger partial charge in [-0.05, 0) is 13.8 Å². The van der Waals surface area contributed by atoms with E-state index < -0.39 is 12.0 Å². The number of hydrogen-bond acceptors (Lipinski definition) is 5. The van der Waals surface area contributed by atoms with E-state index in [0.29, 0.717) is 6.54 Å². The summed E-state index contributed by atoms with van der Waals surface area (Å²) >= 11 is 0. The summed E-state index contributed by atoms with van der Waals surface area (Å²) in [5.74, 6) is -0.950. The first kappa shape index (κ1) is 16.0. The Bertz CT molecular complexity index is 495. The summed E-state index contributed by atoms with van der Waals surface area (Å²) in [6.07, 6.45) is -4.42. The van der Waals surface area contributed by atoms with Crippen molar-refractivity contribution < 1.29 is 13.2 Å². The number of nitriles is 1. The molecule has 1 aromatic rings. The fourth-order valence-corrected chi connectivity index (χ4v) is 1.51. The lowest BCUT2D eigenvalue weighted by molar-refractivity contribution is -0.144. The van der Waals surface area contributed by atoms with Crippen molar-refractivity contribution in [2.24, 2.45) is 0 Å². The second-order valence-electron chi connectivity index (χ2n) is 4.29. The smallest absolute Gasteiger partial charge is 0.370 e. The van der Waals surface area contributed by atoms with Crippen molar-refractivity contribution in [3.8, 4) is 6.07 Å². The number of nitrogens with zero attached hydrogens (tertiary/aromatic N) is 4. The van der Waals surface area contributed by atoms with Gasteiger partial charge in [-0.25, -0.2) is 9.97 Å². The van der Waals surface area contributed by atoms with Gasteiger partial charge >= 0.3 is 6.18 Å². The third-order valence-electron chi connectivity index (χ3n) is 2.73. The minimum absolute atomic E-state index is 0.112. The van der Waals surface area contributed by atoms with Gasteiger partial charge in [-0.2, -0.15) is 18.4 Å². The molecule has 0 aliphatic rings. The summed E-state index contributed by atoms with van der Waals surface area (Å²) in [6, 6.07) is 3.17. The SMILES string of the molecule is CCNc1cc(N(C)C(C)CC#N)nc(C(F)(F)F)n1. The highest BCUT2D eigenvalue weighted by Crippen LogP contribution is 2.29. The Kier molecular flexibility index (Phi) is 5.13. The minimum Gasteiger partial charge on any atom is -0.370 e. The maximum absolute atomic E-state index is 12.8. The molecule has 1 N–H and O–H groups in total. The van der Waals surface area contributed by atoms with E-state index in [-0.39, 0.29) is 24.1 Å². The Hall–Kier alpha value is -2.04. The third-order valence-corrected chi connectivity index (χ3v) is 2.73. The zero-order valence-corrected chi connectivity index (χ0v) is 11.5. The zero-order valence-electron chi connectivity index (χ0n) is 11.5. The van der Waals surface area contributed by atoms with Gasteiger partial charge in [-0.1, -0.05) is 0 Å². The normalized spacial score (nSPS) is 12.7. The summed E-state index contributed by atoms with van der Waals surface area (Å²) in [5.41, 5.74) is 0. The predicted molar refractivity (Wildman–Crippen MR) is 69.3 cm³/mol. The molecule has 0 saturated carbocycles. The van der Waals surface area contributed by atoms with Gasteiger partial charge in [0, 0.05) is 25.7 Å². The number of anilines is 2. The number of halogens is 3. The van der Waals surface area contributed by atoms with Gasteiger partial charge in [-0.15, -0.1) is 0 Å². The van der Waals surface area contributed by atoms with Gasteiger partial charge in [0.15, 0.2) is 0 Å². The summed E-state index contributed by atoms with van der Waals surface area (Å²) in [6.45, 7) is 3.95. The van der Waals surface area contributed by atoms with Crippen LogP contribution in [0.5, 0.6) is 0 Å². The average Bonchev–Trinajstić information content (AvgIpc) is 2.37. The molecule has 0 radical (unpaired) electrons. The van der Waals surface area contributed by atoms with Crippen LogP contribution >= 0.6 is 0 Å². The Balaban J connectivity index is 3.18. The van der Waals surface area contributed by atoms with Crippen LogP contribution < -0.4 is 10.2 Å². The van der Waals surface area contributed by atoms with Crippen LogP contribution in [0.2, 0.25) is 0 Å². The lowest BCUT2D eigenvalue weighted by Crippen LogP contribution is -2.30. The van der Waals surface area contributed by atoms with Crippen LogP contribution in [0.15, 0.2) is 6.07 Å². The highest BCUT2D eigenvalue weighted by atomic mass is 19.4. The van der Waals surface area contributed by atoms with Crippen LogP contribution in [0, 0.1) is 11.3 Å². The fourth-order valence-electron chi connectivity index (χ4n) is 1.51. The second-order valence-corrected chi connectivity index (χ2v) is 4.29. The minimum atomic E-state index is -4.61. The van der Waals surface area contributed by atoms with Crippen LogP contribution in [0.4, 0.5) is 24.8 Å². The van der Waals surface area contributed by atoms with Crippen molar-refractivity contribution in [2.45, 2.75) is 32.5 Å². The second kappa shape index (κ2) is 6.41. The number of hydrogen-bond donors (Lipinski definition) is 1. The summed E-state index contributed by atoms with van der Waals surface area (Å²) in [5, 5.41) is 11.4. The summed E-state index contributed by atoms with van der Waals surface area (Å²) in [7, 11) is 1.60. The fraction of sp³-hybridized carbons (Fsp3) is 0.583. The molecule has 0 aliphatic carbocycles. The van der Waals surface area contributed by atoms with E-state index in [1.165, 1.54) is 11.0 Å². The van der Waals surface area contributed by atoms with Crippen molar-refractivity contribution >= 4 is 11.6 Å². The molecule has 8 heteroatoms. The molecular formula is C12H16F3N5. The molecule has 0 fully saturated rings. The monoisotopic (exact) mass is 287 g/mol. The molecule has 5 nitrogen and oxygen atoms in total. The molecule has 110 valence electrons. The molecule has 0 saturated heterocycles. The van der Waals surface area contributed by atoms with Gasteiger partial charge < -0.3 is 10.2 Å². The van der Waals surface area contributed by atoms with Crippen molar-refractivity contribution in [2.75, 3.05) is 23.8 Å². The molecule has 1 heterocycles. The van der Waals surface area contributed by atoms with Gasteiger partial charge in [-0.3, -0.25) is 0 Å². The van der Waals surface area contributed by atoms with Crippen LogP contribution in [-0.2, 0) is 6.18 Å². The third kappa shape index (κ3) is 3.98. The van der Waals surface area contributed by atoms with Crippen LogP contribution in [0.25, 0.3) is 0 Å². The van der Waals surface area contributed by atoms with Crippen LogP contribution in [0.3, 0.4) is 0 Å². The van der Waals surface area contributed by atoms with Crippen LogP contribution in [-0.4, -0.2) is 29.6 Å². The first-order chi connectivity index (χ1) is 9.29. The van der Waals surface area contributed by atoms with Crippen molar-refractivity contribution in [3.05, 3.63) is 11.9 Å². The van der Waals surface area contributed by atoms with Gasteiger partial charge in [0.05, 0.1) is 12.5 Å². The van der Waals surface area contributed by atoms with E-state index in [4.69, 9.17) is 5.26 Å². The molecule has 1 rings (SSSR count). The van der Waals surface area contributed by atoms with E-state index in [2.05, 4.69) is 15.3 Å². The molecule has 20 heavy (non-hydrogen) atoms. The zero-order chi connectivity index (χ0) is 15.3. The van der Waals surface area contributed by atoms with Crippen molar-refractivity contribution in [1.82, 2.24) is 9.97 Å². The molecule has 0 aromatic carbocycles. The number of aromatic nitrogens is 2. The van der Waals surface area contributed by atoms with Gasteiger partial charge in [0.1, 0.15) is 11.6 Å². The van der Waals surface area contributed by atoms with E-state index in [0.717, 1.165) is 0 Å². The molecule has 0 aliphatic heterocycles. The van der Waals surface area contributed by atoms with E-state index in [1.54, 1.807) is 20.9 Å². The van der Waals surface area contributed by atoms with E-state index >= 15 is 0 Å². The lowest BCUT2D eigenvalue weighted by atomic mass is 10.2. The Morgan fingerprint density at radius 3 is 2.60 bits per heavy atom. The number of rotatable bonds is 5. The number of nitrogens with one attached hydrogen (secondary N) is 1. The average molecular weight is 287 g/mol. The molecule has 1 aromatic heterocycles. The van der Waals surface area contributed by atoms with Crippen LogP contribution in [0.1, 0.15) is 26.1 Å². The van der Waals surface area contributed by atoms with Crippen molar-refractivity contribution in [1.29, 1.82) is 5.26 Å². The maximum atomic E-state index is 12.8. The first-order valence-electron chi connectivity index (χ1n) is 6.09. The quantitative estimate of drug-likeness (QED) is 0.902. The molecule has 0 spiro atoms. The summed E-state index contributed by atoms with van der Waals surface area (Å²) in [4.78, 5) is 8.50. The Labute approximate surface area is 115 Å². The summed E-state index contributed by atoms with van der Waals surface area (Å²) < 4.78 is 38.3. The highest BCUT2D eigenvalue weighted by Gasteiger charge is 2.36.